The molecule has 0 bridgehead atoms. The van der Waals surface area contributed by atoms with Crippen molar-refractivity contribution in [3.05, 3.63) is 71.8 Å². The average molecular weight is 477 g/mol. The molecular weight excluding hydrogens is 444 g/mol. The molecule has 0 spiro atoms. The van der Waals surface area contributed by atoms with Gasteiger partial charge in [-0.25, -0.2) is 4.79 Å². The lowest BCUT2D eigenvalue weighted by atomic mass is 9.91. The number of fused-ring (bicyclic) bond motifs is 3. The third kappa shape index (κ3) is 5.73. The number of carbonyl (C=O) groups excluding carboxylic acids is 2. The van der Waals surface area contributed by atoms with Crippen LogP contribution in [0.3, 0.4) is 0 Å². The van der Waals surface area contributed by atoms with Crippen LogP contribution in [0.1, 0.15) is 56.1 Å². The minimum atomic E-state index is -0.868. The van der Waals surface area contributed by atoms with E-state index in [2.05, 4.69) is 34.9 Å². The van der Waals surface area contributed by atoms with E-state index in [1.807, 2.05) is 37.3 Å². The first-order chi connectivity index (χ1) is 17.0. The van der Waals surface area contributed by atoms with E-state index in [1.165, 1.54) is 0 Å². The van der Waals surface area contributed by atoms with Crippen molar-refractivity contribution in [2.24, 2.45) is 5.92 Å². The molecule has 0 aromatic heterocycles. The van der Waals surface area contributed by atoms with Gasteiger partial charge >= 0.3 is 12.1 Å². The first-order valence-corrected chi connectivity index (χ1v) is 12.3. The predicted octanol–water partition coefficient (Wildman–Crippen LogP) is 4.62. The lowest BCUT2D eigenvalue weighted by molar-refractivity contribution is -0.142. The third-order valence-electron chi connectivity index (χ3n) is 6.80. The summed E-state index contributed by atoms with van der Waals surface area (Å²) in [5.41, 5.74) is 4.55. The van der Waals surface area contributed by atoms with E-state index in [9.17, 15) is 19.5 Å². The van der Waals surface area contributed by atoms with Gasteiger partial charge in [0.1, 0.15) is 12.6 Å². The highest BCUT2D eigenvalue weighted by Gasteiger charge is 2.31. The fourth-order valence-corrected chi connectivity index (χ4v) is 4.94. The summed E-state index contributed by atoms with van der Waals surface area (Å²) < 4.78 is 5.62. The Morgan fingerprint density at radius 2 is 1.71 bits per heavy atom. The van der Waals surface area contributed by atoms with E-state index >= 15 is 0 Å². The van der Waals surface area contributed by atoms with Crippen LogP contribution in [-0.2, 0) is 14.3 Å². The number of allylic oxidation sites excluding steroid dienone is 1. The normalized spacial score (nSPS) is 19.3. The number of unbranched alkanes of at least 4 members (excludes halogenated alkanes) is 1. The molecule has 0 heterocycles. The zero-order valence-electron chi connectivity index (χ0n) is 19.9. The summed E-state index contributed by atoms with van der Waals surface area (Å²) in [5.74, 6) is -1.77. The van der Waals surface area contributed by atoms with Crippen molar-refractivity contribution in [3.8, 4) is 11.1 Å². The number of carbonyl (C=O) groups is 3. The number of ether oxygens (including phenoxy) is 1. The van der Waals surface area contributed by atoms with Crippen LogP contribution in [0.25, 0.3) is 11.1 Å². The Morgan fingerprint density at radius 3 is 2.34 bits per heavy atom. The Morgan fingerprint density at radius 1 is 1.06 bits per heavy atom. The van der Waals surface area contributed by atoms with Crippen LogP contribution < -0.4 is 10.6 Å². The quantitative estimate of drug-likeness (QED) is 0.458. The summed E-state index contributed by atoms with van der Waals surface area (Å²) in [6, 6.07) is 15.1. The first kappa shape index (κ1) is 24.5. The minimum Gasteiger partial charge on any atom is -0.481 e. The molecule has 2 aliphatic carbocycles. The lowest BCUT2D eigenvalue weighted by Gasteiger charge is -2.25. The zero-order chi connectivity index (χ0) is 24.8. The van der Waals surface area contributed by atoms with Crippen molar-refractivity contribution in [1.29, 1.82) is 0 Å². The zero-order valence-corrected chi connectivity index (χ0v) is 19.9. The Bertz CT molecular complexity index is 1070. The molecule has 0 saturated heterocycles. The molecule has 0 unspecified atom stereocenters. The maximum absolute atomic E-state index is 13.0. The number of hydrogen-bond acceptors (Lipinski definition) is 4. The molecule has 7 nitrogen and oxygen atoms in total. The van der Waals surface area contributed by atoms with Crippen molar-refractivity contribution in [1.82, 2.24) is 10.6 Å². The summed E-state index contributed by atoms with van der Waals surface area (Å²) in [7, 11) is 0. The maximum atomic E-state index is 13.0. The SMILES string of the molecule is CCCC[C@H](NC(=O)OCC1c2ccccc2-c2ccccc21)C(=O)N[C@@H]1C=CC[C@@H](C(=O)O)C1. The molecule has 3 atom stereocenters. The van der Waals surface area contributed by atoms with Gasteiger partial charge in [-0.2, -0.15) is 0 Å². The fourth-order valence-electron chi connectivity index (χ4n) is 4.94. The molecule has 35 heavy (non-hydrogen) atoms. The summed E-state index contributed by atoms with van der Waals surface area (Å²) in [6.07, 6.45) is 5.88. The molecule has 2 aliphatic rings. The Balaban J connectivity index is 1.37. The number of carboxylic acids is 1. The van der Waals surface area contributed by atoms with E-state index in [0.29, 0.717) is 19.3 Å². The predicted molar refractivity (Wildman–Crippen MR) is 133 cm³/mol. The molecule has 2 amide bonds. The van der Waals surface area contributed by atoms with Crippen molar-refractivity contribution in [3.63, 3.8) is 0 Å². The van der Waals surface area contributed by atoms with Crippen LogP contribution in [0, 0.1) is 5.92 Å². The fraction of sp³-hybridized carbons (Fsp3) is 0.393. The summed E-state index contributed by atoms with van der Waals surface area (Å²) in [5, 5.41) is 14.9. The molecule has 184 valence electrons. The minimum absolute atomic E-state index is 0.0589. The Kier molecular flexibility index (Phi) is 7.85. The highest BCUT2D eigenvalue weighted by Crippen LogP contribution is 2.44. The highest BCUT2D eigenvalue weighted by molar-refractivity contribution is 5.86. The number of amides is 2. The number of nitrogens with one attached hydrogen (secondary N) is 2. The van der Waals surface area contributed by atoms with E-state index < -0.39 is 24.0 Å². The molecule has 2 aromatic carbocycles. The average Bonchev–Trinajstić information content (AvgIpc) is 3.19. The van der Waals surface area contributed by atoms with Crippen molar-refractivity contribution in [2.75, 3.05) is 6.61 Å². The second-order valence-electron chi connectivity index (χ2n) is 9.21. The molecule has 7 heteroatoms. The van der Waals surface area contributed by atoms with Gasteiger partial charge < -0.3 is 20.5 Å². The second kappa shape index (κ2) is 11.2. The largest absolute Gasteiger partial charge is 0.481 e. The van der Waals surface area contributed by atoms with Crippen LogP contribution in [0.5, 0.6) is 0 Å². The van der Waals surface area contributed by atoms with Gasteiger partial charge in [0.25, 0.3) is 0 Å². The molecule has 0 fully saturated rings. The van der Waals surface area contributed by atoms with Gasteiger partial charge in [0, 0.05) is 12.0 Å². The summed E-state index contributed by atoms with van der Waals surface area (Å²) in [6.45, 7) is 2.19. The van der Waals surface area contributed by atoms with Crippen LogP contribution in [-0.4, -0.2) is 41.8 Å². The number of alkyl carbamates (subject to hydrolysis) is 1. The first-order valence-electron chi connectivity index (χ1n) is 12.3. The van der Waals surface area contributed by atoms with Gasteiger partial charge in [-0.05, 0) is 41.5 Å². The van der Waals surface area contributed by atoms with Crippen molar-refractivity contribution < 1.29 is 24.2 Å². The van der Waals surface area contributed by atoms with Crippen LogP contribution in [0.4, 0.5) is 4.79 Å². The topological polar surface area (TPSA) is 105 Å². The highest BCUT2D eigenvalue weighted by atomic mass is 16.5. The van der Waals surface area contributed by atoms with Gasteiger partial charge in [-0.1, -0.05) is 80.4 Å². The maximum Gasteiger partial charge on any atom is 0.407 e. The van der Waals surface area contributed by atoms with Gasteiger partial charge in [0.05, 0.1) is 5.92 Å². The number of rotatable bonds is 9. The van der Waals surface area contributed by atoms with Gasteiger partial charge in [0.2, 0.25) is 5.91 Å². The number of aliphatic carboxylic acids is 1. The number of benzene rings is 2. The van der Waals surface area contributed by atoms with Gasteiger partial charge in [-0.3, -0.25) is 9.59 Å². The van der Waals surface area contributed by atoms with Gasteiger partial charge in [-0.15, -0.1) is 0 Å². The Labute approximate surface area is 205 Å². The van der Waals surface area contributed by atoms with Crippen molar-refractivity contribution in [2.45, 2.75) is 57.0 Å². The van der Waals surface area contributed by atoms with Crippen molar-refractivity contribution >= 4 is 18.0 Å². The standard InChI is InChI=1S/C28H32N2O5/c1-2-3-15-25(26(31)29-19-10-8-9-18(16-19)27(32)33)30-28(34)35-17-24-22-13-6-4-11-20(22)21-12-5-7-14-23(21)24/h4-8,10-14,18-19,24-25H,2-3,9,15-17H2,1H3,(H,29,31)(H,30,34)(H,32,33)/t18-,19-,25+/m1/s1. The third-order valence-corrected chi connectivity index (χ3v) is 6.80. The molecule has 0 saturated carbocycles. The van der Waals surface area contributed by atoms with E-state index in [1.54, 1.807) is 6.08 Å². The monoisotopic (exact) mass is 476 g/mol. The van der Waals surface area contributed by atoms with Crippen LogP contribution in [0.2, 0.25) is 0 Å². The molecule has 2 aromatic rings. The van der Waals surface area contributed by atoms with E-state index in [4.69, 9.17) is 4.74 Å². The van der Waals surface area contributed by atoms with Crippen LogP contribution >= 0.6 is 0 Å². The van der Waals surface area contributed by atoms with E-state index in [-0.39, 0.29) is 24.5 Å². The molecule has 4 rings (SSSR count). The molecule has 3 N–H and O–H groups in total. The summed E-state index contributed by atoms with van der Waals surface area (Å²) in [4.78, 5) is 37.0. The Hall–Kier alpha value is -3.61. The number of hydrogen-bond donors (Lipinski definition) is 3. The smallest absolute Gasteiger partial charge is 0.407 e. The van der Waals surface area contributed by atoms with E-state index in [0.717, 1.165) is 35.1 Å². The second-order valence-corrected chi connectivity index (χ2v) is 9.21. The molecule has 0 radical (unpaired) electrons. The molecule has 0 aliphatic heterocycles. The van der Waals surface area contributed by atoms with Gasteiger partial charge in [0.15, 0.2) is 0 Å². The van der Waals surface area contributed by atoms with Crippen LogP contribution in [0.15, 0.2) is 60.7 Å². The lowest BCUT2D eigenvalue weighted by Crippen LogP contribution is -2.50. The molecular formula is C28H32N2O5. The summed E-state index contributed by atoms with van der Waals surface area (Å²) >= 11 is 0. The number of carboxylic acid groups (broad SMARTS) is 1.